The minimum Gasteiger partial charge on any atom is -0.444 e. The highest BCUT2D eigenvalue weighted by molar-refractivity contribution is 8.13. The molecule has 0 fully saturated rings. The fourth-order valence-corrected chi connectivity index (χ4v) is 2.12. The Morgan fingerprint density at radius 1 is 1.35 bits per heavy atom. The van der Waals surface area contributed by atoms with Crippen molar-refractivity contribution in [2.75, 3.05) is 18.5 Å². The molecule has 0 saturated heterocycles. The molecule has 0 spiro atoms. The van der Waals surface area contributed by atoms with Gasteiger partial charge in [-0.1, -0.05) is 12.1 Å². The normalized spacial score (nSPS) is 14.4. The first kappa shape index (κ1) is 19.6. The van der Waals surface area contributed by atoms with Crippen molar-refractivity contribution in [2.45, 2.75) is 39.3 Å². The van der Waals surface area contributed by atoms with E-state index in [-0.39, 0.29) is 6.09 Å². The van der Waals surface area contributed by atoms with Crippen molar-refractivity contribution in [1.29, 1.82) is 0 Å². The molecule has 0 bridgehead atoms. The summed E-state index contributed by atoms with van der Waals surface area (Å²) in [6.07, 6.45) is 1.46. The summed E-state index contributed by atoms with van der Waals surface area (Å²) in [4.78, 5) is 13.7. The predicted octanol–water partition coefficient (Wildman–Crippen LogP) is 2.75. The van der Waals surface area contributed by atoms with E-state index in [0.29, 0.717) is 13.1 Å². The molecule has 0 radical (unpaired) electrons. The van der Waals surface area contributed by atoms with Crippen molar-refractivity contribution in [1.82, 2.24) is 4.90 Å². The lowest BCUT2D eigenvalue weighted by molar-refractivity contribution is 0.0224. The lowest BCUT2D eigenvalue weighted by Crippen LogP contribution is -2.40. The van der Waals surface area contributed by atoms with E-state index in [1.54, 1.807) is 4.90 Å². The van der Waals surface area contributed by atoms with Crippen molar-refractivity contribution >= 4 is 31.5 Å². The second-order valence-electron chi connectivity index (χ2n) is 6.32. The molecule has 1 amide bonds. The number of benzene rings is 1. The molecule has 2 rings (SSSR count). The van der Waals surface area contributed by atoms with E-state index in [0.717, 1.165) is 29.5 Å². The smallest absolute Gasteiger partial charge is 0.410 e. The van der Waals surface area contributed by atoms with Gasteiger partial charge in [-0.3, -0.25) is 0 Å². The highest BCUT2D eigenvalue weighted by atomic mass is 35.7. The molecule has 0 atom stereocenters. The number of fused-ring (bicyclic) bond motifs is 1. The Labute approximate surface area is 142 Å². The first-order chi connectivity index (χ1) is 10.4. The number of anilines is 1. The van der Waals surface area contributed by atoms with Crippen LogP contribution in [-0.4, -0.2) is 37.8 Å². The van der Waals surface area contributed by atoms with Gasteiger partial charge in [-0.15, -0.1) is 0 Å². The van der Waals surface area contributed by atoms with Gasteiger partial charge in [0.05, 0.1) is 6.26 Å². The lowest BCUT2D eigenvalue weighted by Gasteiger charge is -2.31. The standard InChI is InChI=1S/C14H20N2O2.CH3ClO2S/c1-14(2,3)18-13(17)16-8-7-11-10(9-16)5-4-6-12(11)15;1-5(2,3)4/h4-6H,7-9,15H2,1-3H3;1H3. The summed E-state index contributed by atoms with van der Waals surface area (Å²) < 4.78 is 24.2. The maximum Gasteiger partial charge on any atom is 0.410 e. The number of carbonyl (C=O) groups is 1. The van der Waals surface area contributed by atoms with Crippen LogP contribution in [0, 0.1) is 0 Å². The zero-order chi connectivity index (χ0) is 17.8. The van der Waals surface area contributed by atoms with Crippen molar-refractivity contribution in [3.63, 3.8) is 0 Å². The number of amides is 1. The van der Waals surface area contributed by atoms with Crippen LogP contribution in [0.5, 0.6) is 0 Å². The molecule has 2 N–H and O–H groups in total. The number of nitrogens with zero attached hydrogens (tertiary/aromatic N) is 1. The Morgan fingerprint density at radius 3 is 2.43 bits per heavy atom. The number of hydrogen-bond acceptors (Lipinski definition) is 5. The third-order valence-corrected chi connectivity index (χ3v) is 2.95. The molecule has 1 aliphatic heterocycles. The van der Waals surface area contributed by atoms with Gasteiger partial charge in [-0.2, -0.15) is 0 Å². The van der Waals surface area contributed by atoms with E-state index in [2.05, 4.69) is 10.7 Å². The van der Waals surface area contributed by atoms with E-state index in [9.17, 15) is 13.2 Å². The first-order valence-electron chi connectivity index (χ1n) is 7.10. The molecular weight excluding hydrogens is 340 g/mol. The largest absolute Gasteiger partial charge is 0.444 e. The number of ether oxygens (including phenoxy) is 1. The molecule has 1 aromatic rings. The van der Waals surface area contributed by atoms with Crippen LogP contribution in [0.1, 0.15) is 31.9 Å². The highest BCUT2D eigenvalue weighted by Gasteiger charge is 2.26. The van der Waals surface area contributed by atoms with Gasteiger partial charge in [0.15, 0.2) is 0 Å². The molecule has 6 nitrogen and oxygen atoms in total. The Morgan fingerprint density at radius 2 is 1.91 bits per heavy atom. The van der Waals surface area contributed by atoms with E-state index in [4.69, 9.17) is 10.5 Å². The summed E-state index contributed by atoms with van der Waals surface area (Å²) in [6, 6.07) is 5.84. The van der Waals surface area contributed by atoms with Crippen LogP contribution in [0.4, 0.5) is 10.5 Å². The highest BCUT2D eigenvalue weighted by Crippen LogP contribution is 2.25. The number of nitrogen functional groups attached to an aromatic ring is 1. The first-order valence-corrected chi connectivity index (χ1v) is 9.82. The number of carbonyl (C=O) groups excluding carboxylic acids is 1. The van der Waals surface area contributed by atoms with Crippen molar-refractivity contribution < 1.29 is 17.9 Å². The van der Waals surface area contributed by atoms with E-state index >= 15 is 0 Å². The van der Waals surface area contributed by atoms with Crippen LogP contribution in [0.15, 0.2) is 18.2 Å². The van der Waals surface area contributed by atoms with Gasteiger partial charge in [0.1, 0.15) is 5.60 Å². The third kappa shape index (κ3) is 7.56. The van der Waals surface area contributed by atoms with Gasteiger partial charge in [-0.25, -0.2) is 13.2 Å². The molecule has 1 aromatic carbocycles. The third-order valence-electron chi connectivity index (χ3n) is 2.95. The second kappa shape index (κ2) is 7.40. The molecule has 0 aliphatic carbocycles. The minimum atomic E-state index is -3.19. The Hall–Kier alpha value is -1.47. The van der Waals surface area contributed by atoms with Crippen LogP contribution in [-0.2, 0) is 26.8 Å². The fourth-order valence-electron chi connectivity index (χ4n) is 2.12. The molecule has 23 heavy (non-hydrogen) atoms. The Balaban J connectivity index is 0.000000463. The predicted molar refractivity (Wildman–Crippen MR) is 91.9 cm³/mol. The van der Waals surface area contributed by atoms with Crippen molar-refractivity contribution in [3.05, 3.63) is 29.3 Å². The summed E-state index contributed by atoms with van der Waals surface area (Å²) in [5.41, 5.74) is 8.58. The van der Waals surface area contributed by atoms with Crippen LogP contribution in [0.3, 0.4) is 0 Å². The second-order valence-corrected chi connectivity index (χ2v) is 9.36. The SMILES string of the molecule is CC(C)(C)OC(=O)N1CCc2c(N)cccc2C1.CS(=O)(=O)Cl. The van der Waals surface area contributed by atoms with Crippen LogP contribution < -0.4 is 5.73 Å². The van der Waals surface area contributed by atoms with Crippen LogP contribution in [0.2, 0.25) is 0 Å². The van der Waals surface area contributed by atoms with Gasteiger partial charge in [0, 0.05) is 29.5 Å². The monoisotopic (exact) mass is 362 g/mol. The molecule has 0 aromatic heterocycles. The minimum absolute atomic E-state index is 0.254. The van der Waals surface area contributed by atoms with Gasteiger partial charge < -0.3 is 15.4 Å². The number of hydrogen-bond donors (Lipinski definition) is 1. The molecule has 1 heterocycles. The Kier molecular flexibility index (Phi) is 6.30. The molecule has 1 aliphatic rings. The number of nitrogens with two attached hydrogens (primary N) is 1. The van der Waals surface area contributed by atoms with Crippen molar-refractivity contribution in [3.8, 4) is 0 Å². The summed E-state index contributed by atoms with van der Waals surface area (Å²) in [7, 11) is 1.31. The van der Waals surface area contributed by atoms with E-state index in [1.165, 1.54) is 0 Å². The van der Waals surface area contributed by atoms with Gasteiger partial charge >= 0.3 is 6.09 Å². The molecule has 0 unspecified atom stereocenters. The zero-order valence-corrected chi connectivity index (χ0v) is 15.4. The average molecular weight is 363 g/mol. The van der Waals surface area contributed by atoms with Crippen molar-refractivity contribution in [2.24, 2.45) is 0 Å². The van der Waals surface area contributed by atoms with E-state index < -0.39 is 14.7 Å². The average Bonchev–Trinajstić information content (AvgIpc) is 2.34. The maximum absolute atomic E-state index is 12.0. The van der Waals surface area contributed by atoms with Gasteiger partial charge in [-0.05, 0) is 44.4 Å². The summed E-state index contributed by atoms with van der Waals surface area (Å²) in [6.45, 7) is 6.87. The van der Waals surface area contributed by atoms with Gasteiger partial charge in [0.2, 0.25) is 9.05 Å². The van der Waals surface area contributed by atoms with Crippen LogP contribution in [0.25, 0.3) is 0 Å². The molecule has 0 saturated carbocycles. The number of halogens is 1. The molecule has 8 heteroatoms. The number of rotatable bonds is 0. The lowest BCUT2D eigenvalue weighted by atomic mass is 9.98. The fraction of sp³-hybridized carbons (Fsp3) is 0.533. The van der Waals surface area contributed by atoms with Crippen LogP contribution >= 0.6 is 10.7 Å². The zero-order valence-electron chi connectivity index (χ0n) is 13.8. The van der Waals surface area contributed by atoms with Gasteiger partial charge in [0.25, 0.3) is 0 Å². The quantitative estimate of drug-likeness (QED) is 0.566. The Bertz CT molecular complexity index is 661. The molecule has 130 valence electrons. The topological polar surface area (TPSA) is 89.7 Å². The maximum atomic E-state index is 12.0. The van der Waals surface area contributed by atoms with E-state index in [1.807, 2.05) is 39.0 Å². The molecular formula is C15H23ClN2O4S. The summed E-state index contributed by atoms with van der Waals surface area (Å²) in [5.74, 6) is 0. The summed E-state index contributed by atoms with van der Waals surface area (Å²) >= 11 is 0. The summed E-state index contributed by atoms with van der Waals surface area (Å²) in [5, 5.41) is 0.